The lowest BCUT2D eigenvalue weighted by molar-refractivity contribution is 0.311. The number of ether oxygens (including phenoxy) is 2. The van der Waals surface area contributed by atoms with E-state index in [-0.39, 0.29) is 23.9 Å². The Morgan fingerprint density at radius 1 is 1.33 bits per heavy atom. The van der Waals surface area contributed by atoms with Gasteiger partial charge >= 0.3 is 0 Å². The Morgan fingerprint density at radius 2 is 2.05 bits per heavy atom. The van der Waals surface area contributed by atoms with E-state index in [4.69, 9.17) is 20.4 Å². The molecule has 0 aliphatic heterocycles. The molecule has 0 aromatic heterocycles. The van der Waals surface area contributed by atoms with Crippen molar-refractivity contribution in [2.75, 3.05) is 25.2 Å². The fourth-order valence-corrected chi connectivity index (χ4v) is 2.86. The molecule has 0 fully saturated rings. The van der Waals surface area contributed by atoms with Gasteiger partial charge in [-0.2, -0.15) is 0 Å². The van der Waals surface area contributed by atoms with Crippen LogP contribution in [-0.2, 0) is 9.84 Å². The molecule has 0 radical (unpaired) electrons. The van der Waals surface area contributed by atoms with Gasteiger partial charge in [-0.25, -0.2) is 8.42 Å². The molecule has 21 heavy (non-hydrogen) atoms. The monoisotopic (exact) mass is 316 g/mol. The minimum Gasteiger partial charge on any atom is -0.493 e. The van der Waals surface area contributed by atoms with Crippen LogP contribution in [-0.4, -0.2) is 44.7 Å². The molecule has 0 heterocycles. The maximum Gasteiger partial charge on any atom is 0.170 e. The second-order valence-corrected chi connectivity index (χ2v) is 6.65. The summed E-state index contributed by atoms with van der Waals surface area (Å²) in [7, 11) is -1.63. The van der Waals surface area contributed by atoms with Gasteiger partial charge in [0.25, 0.3) is 0 Å². The summed E-state index contributed by atoms with van der Waals surface area (Å²) >= 11 is 0. The van der Waals surface area contributed by atoms with Crippen LogP contribution in [0.1, 0.15) is 18.9 Å². The summed E-state index contributed by atoms with van der Waals surface area (Å²) in [4.78, 5) is 0. The summed E-state index contributed by atoms with van der Waals surface area (Å²) < 4.78 is 33.7. The molecule has 0 amide bonds. The number of amidine groups is 1. The smallest absolute Gasteiger partial charge is 0.170 e. The van der Waals surface area contributed by atoms with Gasteiger partial charge in [-0.3, -0.25) is 0 Å². The van der Waals surface area contributed by atoms with Crippen LogP contribution in [0.3, 0.4) is 0 Å². The topological polar surface area (TPSA) is 111 Å². The first kappa shape index (κ1) is 17.1. The molecule has 0 bridgehead atoms. The Labute approximate surface area is 124 Å². The number of rotatable bonds is 8. The van der Waals surface area contributed by atoms with E-state index in [0.717, 1.165) is 0 Å². The molecule has 1 rings (SSSR count). The van der Waals surface area contributed by atoms with E-state index >= 15 is 0 Å². The van der Waals surface area contributed by atoms with Gasteiger partial charge in [0, 0.05) is 5.56 Å². The Balaban J connectivity index is 2.76. The van der Waals surface area contributed by atoms with Crippen molar-refractivity contribution < 1.29 is 23.1 Å². The van der Waals surface area contributed by atoms with Crippen LogP contribution < -0.4 is 15.2 Å². The van der Waals surface area contributed by atoms with Crippen molar-refractivity contribution in [3.05, 3.63) is 23.8 Å². The predicted octanol–water partition coefficient (Wildman–Crippen LogP) is 0.993. The number of oxime groups is 1. The molecule has 118 valence electrons. The summed E-state index contributed by atoms with van der Waals surface area (Å²) in [6.07, 6.45) is 0.583. The number of methoxy groups -OCH3 is 1. The molecule has 0 aliphatic carbocycles. The number of nitrogens with zero attached hydrogens (tertiary/aromatic N) is 1. The summed E-state index contributed by atoms with van der Waals surface area (Å²) in [6.45, 7) is 1.86. The standard InChI is InChI=1S/C13H20N2O5S/c1-3-7-21(17,18)8-6-20-11-5-4-10(13(14)15-16)9-12(11)19-2/h4-5,9,16H,3,6-8H2,1-2H3,(H2,14,15). The Bertz CT molecular complexity index is 599. The van der Waals surface area contributed by atoms with Gasteiger partial charge in [0.15, 0.2) is 27.2 Å². The number of benzene rings is 1. The molecule has 0 unspecified atom stereocenters. The van der Waals surface area contributed by atoms with Crippen LogP contribution in [0.25, 0.3) is 0 Å². The molecule has 7 nitrogen and oxygen atoms in total. The van der Waals surface area contributed by atoms with Crippen molar-refractivity contribution >= 4 is 15.7 Å². The predicted molar refractivity (Wildman–Crippen MR) is 79.9 cm³/mol. The molecule has 0 aliphatic rings. The van der Waals surface area contributed by atoms with Crippen LogP contribution in [0.5, 0.6) is 11.5 Å². The highest BCUT2D eigenvalue weighted by Crippen LogP contribution is 2.28. The highest BCUT2D eigenvalue weighted by atomic mass is 32.2. The van der Waals surface area contributed by atoms with Crippen LogP contribution in [0.4, 0.5) is 0 Å². The molecule has 0 atom stereocenters. The van der Waals surface area contributed by atoms with E-state index in [2.05, 4.69) is 5.16 Å². The van der Waals surface area contributed by atoms with Crippen LogP contribution in [0.2, 0.25) is 0 Å². The summed E-state index contributed by atoms with van der Waals surface area (Å²) in [5.74, 6) is 0.832. The van der Waals surface area contributed by atoms with E-state index in [1.807, 2.05) is 6.92 Å². The third kappa shape index (κ3) is 5.14. The lowest BCUT2D eigenvalue weighted by Crippen LogP contribution is -2.17. The average Bonchev–Trinajstić information content (AvgIpc) is 2.46. The van der Waals surface area contributed by atoms with Crippen LogP contribution in [0.15, 0.2) is 23.4 Å². The van der Waals surface area contributed by atoms with E-state index < -0.39 is 9.84 Å². The molecule has 0 spiro atoms. The highest BCUT2D eigenvalue weighted by Gasteiger charge is 2.12. The van der Waals surface area contributed by atoms with Gasteiger partial charge < -0.3 is 20.4 Å². The van der Waals surface area contributed by atoms with E-state index in [9.17, 15) is 8.42 Å². The summed E-state index contributed by atoms with van der Waals surface area (Å²) in [5.41, 5.74) is 5.96. The lowest BCUT2D eigenvalue weighted by Gasteiger charge is -2.12. The zero-order valence-electron chi connectivity index (χ0n) is 12.1. The van der Waals surface area contributed by atoms with Gasteiger partial charge in [-0.1, -0.05) is 12.1 Å². The first-order chi connectivity index (χ1) is 9.93. The second-order valence-electron chi connectivity index (χ2n) is 4.35. The first-order valence-electron chi connectivity index (χ1n) is 6.42. The van der Waals surface area contributed by atoms with Gasteiger partial charge in [0.2, 0.25) is 0 Å². The fraction of sp³-hybridized carbons (Fsp3) is 0.462. The van der Waals surface area contributed by atoms with E-state index in [1.165, 1.54) is 7.11 Å². The average molecular weight is 316 g/mol. The number of hydrogen-bond donors (Lipinski definition) is 2. The van der Waals surface area contributed by atoms with Crippen molar-refractivity contribution in [3.8, 4) is 11.5 Å². The van der Waals surface area contributed by atoms with Crippen molar-refractivity contribution in [2.45, 2.75) is 13.3 Å². The van der Waals surface area contributed by atoms with Gasteiger partial charge in [-0.05, 0) is 24.6 Å². The Morgan fingerprint density at radius 3 is 2.62 bits per heavy atom. The molecular formula is C13H20N2O5S. The van der Waals surface area contributed by atoms with Gasteiger partial charge in [-0.15, -0.1) is 0 Å². The normalized spacial score (nSPS) is 12.2. The maximum atomic E-state index is 11.6. The minimum absolute atomic E-state index is 0.0433. The van der Waals surface area contributed by atoms with Gasteiger partial charge in [0.05, 0.1) is 18.6 Å². The summed E-state index contributed by atoms with van der Waals surface area (Å²) in [6, 6.07) is 4.72. The van der Waals surface area contributed by atoms with Crippen molar-refractivity contribution in [1.82, 2.24) is 0 Å². The SMILES string of the molecule is CCCS(=O)(=O)CCOc1ccc(/C(N)=N/O)cc1OC. The molecule has 8 heteroatoms. The quantitative estimate of drug-likeness (QED) is 0.320. The fourth-order valence-electron chi connectivity index (χ4n) is 1.70. The van der Waals surface area contributed by atoms with Crippen LogP contribution >= 0.6 is 0 Å². The molecule has 0 saturated heterocycles. The van der Waals surface area contributed by atoms with Crippen LogP contribution in [0, 0.1) is 0 Å². The molecule has 3 N–H and O–H groups in total. The summed E-state index contributed by atoms with van der Waals surface area (Å²) in [5, 5.41) is 11.5. The molecule has 1 aromatic carbocycles. The number of sulfone groups is 1. The minimum atomic E-state index is -3.08. The zero-order valence-corrected chi connectivity index (χ0v) is 12.9. The van der Waals surface area contributed by atoms with Gasteiger partial charge in [0.1, 0.15) is 6.61 Å². The lowest BCUT2D eigenvalue weighted by atomic mass is 10.2. The third-order valence-corrected chi connectivity index (χ3v) is 4.55. The second kappa shape index (κ2) is 7.72. The maximum absolute atomic E-state index is 11.6. The molecular weight excluding hydrogens is 296 g/mol. The van der Waals surface area contributed by atoms with E-state index in [1.54, 1.807) is 18.2 Å². The van der Waals surface area contributed by atoms with E-state index in [0.29, 0.717) is 23.5 Å². The third-order valence-electron chi connectivity index (χ3n) is 2.73. The Kier molecular flexibility index (Phi) is 6.29. The zero-order chi connectivity index (χ0) is 15.9. The van der Waals surface area contributed by atoms with Crippen molar-refractivity contribution in [3.63, 3.8) is 0 Å². The van der Waals surface area contributed by atoms with Crippen molar-refractivity contribution in [1.29, 1.82) is 0 Å². The molecule has 1 aromatic rings. The Hall–Kier alpha value is -1.96. The van der Waals surface area contributed by atoms with Crippen molar-refractivity contribution in [2.24, 2.45) is 10.9 Å². The molecule has 0 saturated carbocycles. The number of nitrogens with two attached hydrogens (primary N) is 1. The number of hydrogen-bond acceptors (Lipinski definition) is 6. The largest absolute Gasteiger partial charge is 0.493 e. The first-order valence-corrected chi connectivity index (χ1v) is 8.24. The highest BCUT2D eigenvalue weighted by molar-refractivity contribution is 7.91.